The first-order valence-electron chi connectivity index (χ1n) is 16.1. The molecule has 0 aliphatic carbocycles. The Morgan fingerprint density at radius 2 is 1.56 bits per heavy atom. The molecule has 4 N–H and O–H groups in total. The van der Waals surface area contributed by atoms with Crippen molar-refractivity contribution >= 4 is 24.2 Å². The number of rotatable bonds is 17. The number of hydrogen-bond acceptors (Lipinski definition) is 12. The number of nitrogens with one attached hydrogen (secondary N) is 3. The standard InChI is InChI=1S/C36H42N4O10/c1-6-46-29-17-24(11-15-27(29)49-20-23-9-12-25(13-10-23)34(42)48-8-3)19-37-40-31(41)21-50-28-16-14-26(18-30(28)47-7-2)33-32(35(43)45-5)22(4)38-36(44)39-33/h9-19,31,33,40-41H,6-8,20-21H2,1-5H3,(H2,38,39,44)/b37-19+/t31-,33-/m0/s1. The molecule has 2 atom stereocenters. The Kier molecular flexibility index (Phi) is 13.4. The molecule has 4 rings (SSSR count). The highest BCUT2D eigenvalue weighted by molar-refractivity contribution is 5.95. The quantitative estimate of drug-likeness (QED) is 0.0686. The first-order valence-corrected chi connectivity index (χ1v) is 16.1. The van der Waals surface area contributed by atoms with Crippen molar-refractivity contribution in [1.29, 1.82) is 0 Å². The minimum absolute atomic E-state index is 0.176. The number of amides is 2. The van der Waals surface area contributed by atoms with Crippen molar-refractivity contribution in [3.8, 4) is 23.0 Å². The van der Waals surface area contributed by atoms with Crippen LogP contribution in [-0.4, -0.2) is 69.1 Å². The van der Waals surface area contributed by atoms with Crippen LogP contribution in [0.25, 0.3) is 0 Å². The number of hydrazone groups is 1. The van der Waals surface area contributed by atoms with E-state index in [9.17, 15) is 19.5 Å². The van der Waals surface area contributed by atoms with E-state index in [0.29, 0.717) is 65.2 Å². The average molecular weight is 691 g/mol. The molecular weight excluding hydrogens is 648 g/mol. The molecule has 0 aromatic heterocycles. The van der Waals surface area contributed by atoms with Gasteiger partial charge in [-0.15, -0.1) is 0 Å². The van der Waals surface area contributed by atoms with Crippen LogP contribution in [0.4, 0.5) is 4.79 Å². The van der Waals surface area contributed by atoms with Gasteiger partial charge in [-0.2, -0.15) is 5.10 Å². The van der Waals surface area contributed by atoms with E-state index in [1.165, 1.54) is 13.3 Å². The zero-order valence-electron chi connectivity index (χ0n) is 28.6. The number of ether oxygens (including phenoxy) is 6. The smallest absolute Gasteiger partial charge is 0.338 e. The first kappa shape index (κ1) is 37.1. The summed E-state index contributed by atoms with van der Waals surface area (Å²) in [5, 5.41) is 20.0. The maximum absolute atomic E-state index is 12.5. The molecule has 14 heteroatoms. The van der Waals surface area contributed by atoms with Crippen molar-refractivity contribution < 1.29 is 47.9 Å². The SMILES string of the molecule is CCOC(=O)c1ccc(COc2ccc(/C=N/N[C@@H](O)COc3ccc([C@@H]4NC(=O)NC(C)=C4C(=O)OC)cc3OCC)cc2OCC)cc1. The number of aliphatic hydroxyl groups is 1. The molecule has 0 radical (unpaired) electrons. The van der Waals surface area contributed by atoms with Gasteiger partial charge in [-0.3, -0.25) is 5.43 Å². The van der Waals surface area contributed by atoms with Gasteiger partial charge in [0.15, 0.2) is 29.2 Å². The molecular formula is C36H42N4O10. The van der Waals surface area contributed by atoms with E-state index in [0.717, 1.165) is 5.56 Å². The fraction of sp³-hybridized carbons (Fsp3) is 0.333. The van der Waals surface area contributed by atoms with E-state index in [4.69, 9.17) is 28.4 Å². The summed E-state index contributed by atoms with van der Waals surface area (Å²) >= 11 is 0. The summed E-state index contributed by atoms with van der Waals surface area (Å²) in [5.74, 6) is 0.795. The summed E-state index contributed by atoms with van der Waals surface area (Å²) in [6, 6.07) is 16.1. The molecule has 0 bridgehead atoms. The highest BCUT2D eigenvalue weighted by atomic mass is 16.5. The van der Waals surface area contributed by atoms with Crippen LogP contribution in [0.2, 0.25) is 0 Å². The third-order valence-corrected chi connectivity index (χ3v) is 7.24. The average Bonchev–Trinajstić information content (AvgIpc) is 3.10. The summed E-state index contributed by atoms with van der Waals surface area (Å²) in [6.45, 7) is 8.18. The van der Waals surface area contributed by atoms with Gasteiger partial charge in [-0.25, -0.2) is 14.4 Å². The van der Waals surface area contributed by atoms with Crippen molar-refractivity contribution in [3.05, 3.63) is 94.2 Å². The number of carbonyl (C=O) groups excluding carboxylic acids is 3. The Hall–Kier alpha value is -5.76. The van der Waals surface area contributed by atoms with Crippen molar-refractivity contribution in [2.24, 2.45) is 5.10 Å². The Labute approximate surface area is 290 Å². The molecule has 14 nitrogen and oxygen atoms in total. The molecule has 1 aliphatic rings. The fourth-order valence-electron chi connectivity index (χ4n) is 4.93. The molecule has 0 saturated carbocycles. The van der Waals surface area contributed by atoms with Gasteiger partial charge in [-0.1, -0.05) is 18.2 Å². The molecule has 0 spiro atoms. The number of allylic oxidation sites excluding steroid dienone is 1. The number of benzene rings is 3. The minimum atomic E-state index is -1.18. The lowest BCUT2D eigenvalue weighted by atomic mass is 9.95. The maximum Gasteiger partial charge on any atom is 0.338 e. The van der Waals surface area contributed by atoms with Gasteiger partial charge in [0.05, 0.1) is 50.3 Å². The van der Waals surface area contributed by atoms with Crippen LogP contribution in [0.1, 0.15) is 60.8 Å². The first-order chi connectivity index (χ1) is 24.2. The molecule has 3 aromatic rings. The Balaban J connectivity index is 1.35. The topological polar surface area (TPSA) is 175 Å². The van der Waals surface area contributed by atoms with Crippen LogP contribution in [0.3, 0.4) is 0 Å². The normalized spacial score (nSPS) is 14.7. The van der Waals surface area contributed by atoms with Crippen LogP contribution in [0, 0.1) is 0 Å². The van der Waals surface area contributed by atoms with E-state index in [1.54, 1.807) is 81.4 Å². The zero-order valence-corrected chi connectivity index (χ0v) is 28.6. The van der Waals surface area contributed by atoms with Gasteiger partial charge < -0.3 is 44.2 Å². The van der Waals surface area contributed by atoms with Gasteiger partial charge >= 0.3 is 18.0 Å². The summed E-state index contributed by atoms with van der Waals surface area (Å²) < 4.78 is 33.3. The van der Waals surface area contributed by atoms with E-state index < -0.39 is 24.3 Å². The second kappa shape index (κ2) is 18.1. The second-order valence-corrected chi connectivity index (χ2v) is 10.8. The second-order valence-electron chi connectivity index (χ2n) is 10.8. The lowest BCUT2D eigenvalue weighted by molar-refractivity contribution is -0.136. The molecule has 1 heterocycles. The summed E-state index contributed by atoms with van der Waals surface area (Å²) in [5.41, 5.74) is 5.87. The van der Waals surface area contributed by atoms with E-state index in [1.807, 2.05) is 6.92 Å². The Morgan fingerprint density at radius 3 is 2.24 bits per heavy atom. The van der Waals surface area contributed by atoms with Crippen molar-refractivity contribution in [2.75, 3.05) is 33.5 Å². The summed E-state index contributed by atoms with van der Waals surface area (Å²) in [7, 11) is 1.27. The van der Waals surface area contributed by atoms with E-state index in [2.05, 4.69) is 21.2 Å². The predicted molar refractivity (Wildman–Crippen MR) is 183 cm³/mol. The highest BCUT2D eigenvalue weighted by Gasteiger charge is 2.32. The van der Waals surface area contributed by atoms with Gasteiger partial charge in [0.2, 0.25) is 0 Å². The summed E-state index contributed by atoms with van der Waals surface area (Å²) in [4.78, 5) is 36.6. The predicted octanol–water partition coefficient (Wildman–Crippen LogP) is 4.36. The number of esters is 2. The zero-order chi connectivity index (χ0) is 36.0. The van der Waals surface area contributed by atoms with Crippen LogP contribution in [0.5, 0.6) is 23.0 Å². The third kappa shape index (κ3) is 9.89. The largest absolute Gasteiger partial charge is 0.490 e. The minimum Gasteiger partial charge on any atom is -0.490 e. The van der Waals surface area contributed by atoms with E-state index >= 15 is 0 Å². The van der Waals surface area contributed by atoms with Crippen LogP contribution in [-0.2, 0) is 20.9 Å². The number of nitrogens with zero attached hydrogens (tertiary/aromatic N) is 1. The van der Waals surface area contributed by atoms with Gasteiger partial charge in [-0.05, 0) is 86.8 Å². The van der Waals surface area contributed by atoms with Gasteiger partial charge in [0.1, 0.15) is 13.2 Å². The number of hydrogen-bond donors (Lipinski definition) is 4. The van der Waals surface area contributed by atoms with Crippen LogP contribution < -0.4 is 35.0 Å². The van der Waals surface area contributed by atoms with Crippen molar-refractivity contribution in [1.82, 2.24) is 16.1 Å². The molecule has 0 fully saturated rings. The number of carbonyl (C=O) groups is 3. The lowest BCUT2D eigenvalue weighted by Crippen LogP contribution is -2.45. The molecule has 2 amide bonds. The maximum atomic E-state index is 12.5. The Morgan fingerprint density at radius 1 is 0.880 bits per heavy atom. The van der Waals surface area contributed by atoms with Crippen molar-refractivity contribution in [2.45, 2.75) is 46.6 Å². The van der Waals surface area contributed by atoms with Crippen LogP contribution >= 0.6 is 0 Å². The third-order valence-electron chi connectivity index (χ3n) is 7.24. The van der Waals surface area contributed by atoms with Crippen LogP contribution in [0.15, 0.2) is 77.0 Å². The van der Waals surface area contributed by atoms with Crippen molar-refractivity contribution in [3.63, 3.8) is 0 Å². The monoisotopic (exact) mass is 690 g/mol. The number of aliphatic hydroxyl groups excluding tert-OH is 1. The van der Waals surface area contributed by atoms with Gasteiger partial charge in [0, 0.05) is 5.70 Å². The molecule has 1 aliphatic heterocycles. The van der Waals surface area contributed by atoms with E-state index in [-0.39, 0.29) is 24.8 Å². The lowest BCUT2D eigenvalue weighted by Gasteiger charge is -2.28. The highest BCUT2D eigenvalue weighted by Crippen LogP contribution is 2.35. The molecule has 0 saturated heterocycles. The number of urea groups is 1. The summed E-state index contributed by atoms with van der Waals surface area (Å²) in [6.07, 6.45) is 0.344. The Bertz CT molecular complexity index is 1710. The fourth-order valence-corrected chi connectivity index (χ4v) is 4.93. The molecule has 0 unspecified atom stereocenters. The van der Waals surface area contributed by atoms with Gasteiger partial charge in [0.25, 0.3) is 0 Å². The number of methoxy groups -OCH3 is 1. The molecule has 50 heavy (non-hydrogen) atoms. The molecule has 3 aromatic carbocycles. The molecule has 266 valence electrons.